The fourth-order valence-corrected chi connectivity index (χ4v) is 2.67. The Labute approximate surface area is 142 Å². The smallest absolute Gasteiger partial charge is 0.274 e. The van der Waals surface area contributed by atoms with Crippen LogP contribution in [0.25, 0.3) is 16.6 Å². The predicted octanol–water partition coefficient (Wildman–Crippen LogP) is 2.76. The zero-order valence-electron chi connectivity index (χ0n) is 12.3. The molecule has 3 aromatic rings. The van der Waals surface area contributed by atoms with Gasteiger partial charge in [-0.15, -0.1) is 0 Å². The number of rotatable bonds is 2. The van der Waals surface area contributed by atoms with Crippen molar-refractivity contribution >= 4 is 40.1 Å². The van der Waals surface area contributed by atoms with Crippen molar-refractivity contribution in [3.63, 3.8) is 0 Å². The Kier molecular flexibility index (Phi) is 3.48. The van der Waals surface area contributed by atoms with Crippen LogP contribution in [0.5, 0.6) is 0 Å². The average molecular weight is 336 g/mol. The molecule has 4 rings (SSSR count). The van der Waals surface area contributed by atoms with Gasteiger partial charge in [0.2, 0.25) is 0 Å². The summed E-state index contributed by atoms with van der Waals surface area (Å²) in [5, 5.41) is 1.52. The van der Waals surface area contributed by atoms with Gasteiger partial charge in [-0.1, -0.05) is 11.6 Å². The fourth-order valence-electron chi connectivity index (χ4n) is 2.51. The molecule has 0 fully saturated rings. The second-order valence-corrected chi connectivity index (χ2v) is 5.59. The van der Waals surface area contributed by atoms with E-state index in [2.05, 4.69) is 26.6 Å². The first-order valence-corrected chi connectivity index (χ1v) is 7.51. The first kappa shape index (κ1) is 14.4. The Morgan fingerprint density at radius 2 is 2.17 bits per heavy atom. The number of halogens is 1. The highest BCUT2D eigenvalue weighted by Crippen LogP contribution is 2.28. The topological polar surface area (TPSA) is 63.4 Å². The van der Waals surface area contributed by atoms with E-state index in [1.165, 1.54) is 0 Å². The molecule has 24 heavy (non-hydrogen) atoms. The van der Waals surface area contributed by atoms with Crippen LogP contribution in [0.4, 0.5) is 5.82 Å². The molecule has 7 heteroatoms. The van der Waals surface area contributed by atoms with Crippen LogP contribution >= 0.6 is 11.6 Å². The van der Waals surface area contributed by atoms with Crippen LogP contribution in [-0.4, -0.2) is 32.9 Å². The number of benzene rings is 1. The van der Waals surface area contributed by atoms with Crippen molar-refractivity contribution in [3.8, 4) is 5.69 Å². The molecule has 6 nitrogen and oxygen atoms in total. The van der Waals surface area contributed by atoms with E-state index in [1.807, 2.05) is 29.0 Å². The minimum Gasteiger partial charge on any atom is -0.316 e. The molecule has 0 saturated carbocycles. The highest BCUT2D eigenvalue weighted by atomic mass is 35.5. The van der Waals surface area contributed by atoms with Crippen LogP contribution in [0.3, 0.4) is 0 Å². The third-order valence-corrected chi connectivity index (χ3v) is 3.82. The summed E-state index contributed by atoms with van der Waals surface area (Å²) in [6.07, 6.45) is 6.86. The van der Waals surface area contributed by atoms with E-state index in [9.17, 15) is 4.79 Å². The zero-order valence-corrected chi connectivity index (χ0v) is 13.1. The molecule has 1 amide bonds. The van der Waals surface area contributed by atoms with Gasteiger partial charge in [-0.05, 0) is 23.9 Å². The number of imidazole rings is 1. The predicted molar refractivity (Wildman–Crippen MR) is 91.7 cm³/mol. The fraction of sp³-hybridized carbons (Fsp3) is 0.0588. The molecule has 1 aliphatic rings. The van der Waals surface area contributed by atoms with Crippen LogP contribution in [0.2, 0.25) is 5.02 Å². The monoisotopic (exact) mass is 335 g/mol. The van der Waals surface area contributed by atoms with E-state index in [0.717, 1.165) is 16.6 Å². The number of anilines is 1. The maximum Gasteiger partial charge on any atom is 0.274 e. The minimum absolute atomic E-state index is 0.0719. The summed E-state index contributed by atoms with van der Waals surface area (Å²) >= 11 is 6.11. The van der Waals surface area contributed by atoms with Gasteiger partial charge in [-0.25, -0.2) is 9.97 Å². The van der Waals surface area contributed by atoms with E-state index >= 15 is 0 Å². The molecule has 0 spiro atoms. The molecule has 0 bridgehead atoms. The quantitative estimate of drug-likeness (QED) is 0.675. The van der Waals surface area contributed by atoms with E-state index < -0.39 is 0 Å². The number of hydrogen-bond donors (Lipinski definition) is 0. The lowest BCUT2D eigenvalue weighted by Gasteiger charge is -2.18. The van der Waals surface area contributed by atoms with Gasteiger partial charge >= 0.3 is 0 Å². The summed E-state index contributed by atoms with van der Waals surface area (Å²) < 4.78 is 1.89. The number of fused-ring (bicyclic) bond motifs is 1. The van der Waals surface area contributed by atoms with Gasteiger partial charge in [0, 0.05) is 34.7 Å². The molecule has 1 aliphatic heterocycles. The number of carbonyl (C=O) groups excluding carboxylic acids is 1. The van der Waals surface area contributed by atoms with Gasteiger partial charge in [0.25, 0.3) is 5.91 Å². The Hall–Kier alpha value is -3.17. The van der Waals surface area contributed by atoms with Gasteiger partial charge in [-0.2, -0.15) is 4.99 Å². The SMILES string of the molecule is O=C1CN(c2cc(-n3ccnc3)c3ccc(Cl)cc3n2)C=C=C=N1. The number of pyridine rings is 1. The van der Waals surface area contributed by atoms with Crippen molar-refractivity contribution in [1.29, 1.82) is 0 Å². The lowest BCUT2D eigenvalue weighted by atomic mass is 10.1. The van der Waals surface area contributed by atoms with Crippen molar-refractivity contribution in [3.05, 3.63) is 59.9 Å². The second kappa shape index (κ2) is 5.80. The lowest BCUT2D eigenvalue weighted by molar-refractivity contribution is -0.116. The number of amides is 1. The van der Waals surface area contributed by atoms with Gasteiger partial charge < -0.3 is 9.47 Å². The molecule has 0 N–H and O–H groups in total. The second-order valence-electron chi connectivity index (χ2n) is 5.15. The summed E-state index contributed by atoms with van der Waals surface area (Å²) in [5.41, 5.74) is 4.33. The van der Waals surface area contributed by atoms with E-state index in [0.29, 0.717) is 10.8 Å². The van der Waals surface area contributed by atoms with E-state index in [1.54, 1.807) is 29.7 Å². The normalized spacial score (nSPS) is 13.7. The first-order chi connectivity index (χ1) is 11.7. The van der Waals surface area contributed by atoms with E-state index in [-0.39, 0.29) is 12.5 Å². The molecular weight excluding hydrogens is 326 g/mol. The highest BCUT2D eigenvalue weighted by Gasteiger charge is 2.15. The van der Waals surface area contributed by atoms with Crippen molar-refractivity contribution in [2.24, 2.45) is 4.99 Å². The van der Waals surface area contributed by atoms with Crippen molar-refractivity contribution < 1.29 is 4.79 Å². The molecule has 0 radical (unpaired) electrons. The number of carbonyl (C=O) groups is 1. The maximum atomic E-state index is 11.7. The molecule has 0 saturated heterocycles. The van der Waals surface area contributed by atoms with Gasteiger partial charge in [-0.3, -0.25) is 4.79 Å². The van der Waals surface area contributed by atoms with Crippen molar-refractivity contribution in [1.82, 2.24) is 14.5 Å². The molecule has 0 unspecified atom stereocenters. The Morgan fingerprint density at radius 3 is 3.00 bits per heavy atom. The number of nitrogens with zero attached hydrogens (tertiary/aromatic N) is 5. The molecule has 116 valence electrons. The van der Waals surface area contributed by atoms with Crippen LogP contribution < -0.4 is 4.90 Å². The van der Waals surface area contributed by atoms with Crippen LogP contribution in [0.15, 0.2) is 59.9 Å². The van der Waals surface area contributed by atoms with Gasteiger partial charge in [0.1, 0.15) is 12.4 Å². The number of hydrogen-bond acceptors (Lipinski definition) is 4. The van der Waals surface area contributed by atoms with E-state index in [4.69, 9.17) is 11.6 Å². The molecule has 1 aromatic carbocycles. The zero-order chi connectivity index (χ0) is 16.5. The molecular formula is C17H10ClN5O. The van der Waals surface area contributed by atoms with Crippen molar-refractivity contribution in [2.75, 3.05) is 11.4 Å². The summed E-state index contributed by atoms with van der Waals surface area (Å²) in [6.45, 7) is 0.0719. The van der Waals surface area contributed by atoms with Gasteiger partial charge in [0.15, 0.2) is 0 Å². The first-order valence-electron chi connectivity index (χ1n) is 7.13. The number of aromatic nitrogens is 3. The molecule has 0 aliphatic carbocycles. The Morgan fingerprint density at radius 1 is 1.25 bits per heavy atom. The summed E-state index contributed by atoms with van der Waals surface area (Å²) in [7, 11) is 0. The lowest BCUT2D eigenvalue weighted by Crippen LogP contribution is -2.23. The van der Waals surface area contributed by atoms with Crippen LogP contribution in [0.1, 0.15) is 0 Å². The summed E-state index contributed by atoms with van der Waals surface area (Å²) in [5.74, 6) is 2.73. The van der Waals surface area contributed by atoms with Crippen LogP contribution in [-0.2, 0) is 4.79 Å². The molecule has 2 aromatic heterocycles. The highest BCUT2D eigenvalue weighted by molar-refractivity contribution is 6.31. The Bertz CT molecular complexity index is 1040. The number of aliphatic imine (C=N–C) groups is 1. The molecule has 0 atom stereocenters. The Balaban J connectivity index is 1.95. The summed E-state index contributed by atoms with van der Waals surface area (Å²) in [6, 6.07) is 7.40. The van der Waals surface area contributed by atoms with Crippen LogP contribution in [0, 0.1) is 0 Å². The third kappa shape index (κ3) is 2.62. The largest absolute Gasteiger partial charge is 0.316 e. The van der Waals surface area contributed by atoms with Crippen molar-refractivity contribution in [2.45, 2.75) is 0 Å². The van der Waals surface area contributed by atoms with Gasteiger partial charge in [0.05, 0.1) is 23.7 Å². The maximum absolute atomic E-state index is 11.7. The molecule has 3 heterocycles. The standard InChI is InChI=1S/C17H10ClN5O/c18-12-2-3-13-14(8-12)21-16(9-15(13)23-7-5-19-11-23)22-6-1-4-20-17(24)10-22/h2-3,5-9,11H,10H2. The average Bonchev–Trinajstić information content (AvgIpc) is 3.02. The third-order valence-electron chi connectivity index (χ3n) is 3.58. The minimum atomic E-state index is -0.312. The summed E-state index contributed by atoms with van der Waals surface area (Å²) in [4.78, 5) is 25.7.